The van der Waals surface area contributed by atoms with Crippen molar-refractivity contribution in [2.45, 2.75) is 25.7 Å². The summed E-state index contributed by atoms with van der Waals surface area (Å²) in [6.45, 7) is 2.87. The molecule has 29 heavy (non-hydrogen) atoms. The fourth-order valence-electron chi connectivity index (χ4n) is 3.79. The molecule has 8 heteroatoms. The molecule has 0 bridgehead atoms. The Kier molecular flexibility index (Phi) is 5.00. The zero-order chi connectivity index (χ0) is 20.5. The van der Waals surface area contributed by atoms with Crippen LogP contribution in [0.3, 0.4) is 0 Å². The predicted molar refractivity (Wildman–Crippen MR) is 104 cm³/mol. The van der Waals surface area contributed by atoms with Crippen LogP contribution in [0.4, 0.5) is 4.39 Å². The van der Waals surface area contributed by atoms with Crippen molar-refractivity contribution in [3.63, 3.8) is 0 Å². The van der Waals surface area contributed by atoms with Crippen molar-refractivity contribution in [3.8, 4) is 0 Å². The van der Waals surface area contributed by atoms with Gasteiger partial charge in [-0.1, -0.05) is 17.3 Å². The number of nitrogens with zero attached hydrogens (tertiary/aromatic N) is 3. The van der Waals surface area contributed by atoms with Gasteiger partial charge in [-0.05, 0) is 37.1 Å². The summed E-state index contributed by atoms with van der Waals surface area (Å²) in [7, 11) is 1.57. The Balaban J connectivity index is 1.56. The number of benzene rings is 1. The molecule has 1 saturated heterocycles. The molecule has 2 amide bonds. The summed E-state index contributed by atoms with van der Waals surface area (Å²) in [6.07, 6.45) is 0.939. The lowest BCUT2D eigenvalue weighted by Crippen LogP contribution is -2.30. The lowest BCUT2D eigenvalue weighted by molar-refractivity contribution is -0.129. The first kappa shape index (κ1) is 19.0. The number of pyridine rings is 1. The highest BCUT2D eigenvalue weighted by molar-refractivity contribution is 6.06. The Labute approximate surface area is 166 Å². The molecule has 3 aromatic rings. The van der Waals surface area contributed by atoms with E-state index in [1.54, 1.807) is 37.1 Å². The average Bonchev–Trinajstić information content (AvgIpc) is 3.35. The molecule has 4 rings (SSSR count). The summed E-state index contributed by atoms with van der Waals surface area (Å²) in [5, 5.41) is 7.43. The van der Waals surface area contributed by atoms with Crippen molar-refractivity contribution in [2.75, 3.05) is 20.1 Å². The lowest BCUT2D eigenvalue weighted by Gasteiger charge is -2.16. The van der Waals surface area contributed by atoms with E-state index in [9.17, 15) is 14.0 Å². The van der Waals surface area contributed by atoms with E-state index in [4.69, 9.17) is 4.52 Å². The molecule has 1 aromatic carbocycles. The maximum absolute atomic E-state index is 13.1. The number of hydrogen-bond donors (Lipinski definition) is 1. The number of carbonyl (C=O) groups excluding carboxylic acids is 2. The smallest absolute Gasteiger partial charge is 0.259 e. The third-order valence-corrected chi connectivity index (χ3v) is 5.27. The highest BCUT2D eigenvalue weighted by atomic mass is 19.1. The summed E-state index contributed by atoms with van der Waals surface area (Å²) < 4.78 is 18.5. The maximum Gasteiger partial charge on any atom is 0.259 e. The molecule has 1 N–H and O–H groups in total. The molecule has 0 aliphatic carbocycles. The Morgan fingerprint density at radius 1 is 1.31 bits per heavy atom. The zero-order valence-corrected chi connectivity index (χ0v) is 16.2. The Hall–Kier alpha value is -3.29. The number of nitrogens with one attached hydrogen (secondary N) is 1. The second-order valence-corrected chi connectivity index (χ2v) is 7.27. The first-order valence-electron chi connectivity index (χ1n) is 9.47. The third-order valence-electron chi connectivity index (χ3n) is 5.27. The van der Waals surface area contributed by atoms with E-state index < -0.39 is 0 Å². The highest BCUT2D eigenvalue weighted by Crippen LogP contribution is 2.33. The number of halogens is 1. The van der Waals surface area contributed by atoms with Crippen LogP contribution in [0.25, 0.3) is 11.1 Å². The minimum atomic E-state index is -0.323. The van der Waals surface area contributed by atoms with Crippen molar-refractivity contribution >= 4 is 22.9 Å². The Morgan fingerprint density at radius 3 is 2.79 bits per heavy atom. The summed E-state index contributed by atoms with van der Waals surface area (Å²) in [5.74, 6) is -0.614. The Morgan fingerprint density at radius 2 is 2.07 bits per heavy atom. The lowest BCUT2D eigenvalue weighted by atomic mass is 9.99. The largest absolute Gasteiger partial charge is 0.355 e. The van der Waals surface area contributed by atoms with E-state index in [-0.39, 0.29) is 30.0 Å². The predicted octanol–water partition coefficient (Wildman–Crippen LogP) is 2.59. The first-order valence-corrected chi connectivity index (χ1v) is 9.47. The fourth-order valence-corrected chi connectivity index (χ4v) is 3.79. The summed E-state index contributed by atoms with van der Waals surface area (Å²) in [4.78, 5) is 31.1. The summed E-state index contributed by atoms with van der Waals surface area (Å²) in [6, 6.07) is 7.66. The fraction of sp³-hybridized carbons (Fsp3) is 0.333. The summed E-state index contributed by atoms with van der Waals surface area (Å²) >= 11 is 0. The van der Waals surface area contributed by atoms with E-state index in [0.717, 1.165) is 12.0 Å². The molecule has 3 heterocycles. The van der Waals surface area contributed by atoms with Gasteiger partial charge in [0, 0.05) is 31.7 Å². The standard InChI is InChI=1S/C21H21FN4O3/c1-12-9-16(20(28)23-2)18-19(25-29-21(18)24-12)14-7-8-26(11-14)17(27)10-13-3-5-15(22)6-4-13/h3-6,9,14H,7-8,10-11H2,1-2H3,(H,23,28). The highest BCUT2D eigenvalue weighted by Gasteiger charge is 2.32. The number of amides is 2. The molecule has 1 aliphatic heterocycles. The van der Waals surface area contributed by atoms with E-state index in [2.05, 4.69) is 15.5 Å². The normalized spacial score (nSPS) is 16.4. The van der Waals surface area contributed by atoms with E-state index in [1.165, 1.54) is 12.1 Å². The molecule has 1 aliphatic rings. The maximum atomic E-state index is 13.1. The van der Waals surface area contributed by atoms with Gasteiger partial charge in [0.1, 0.15) is 5.82 Å². The van der Waals surface area contributed by atoms with Crippen molar-refractivity contribution in [3.05, 3.63) is 58.7 Å². The van der Waals surface area contributed by atoms with Gasteiger partial charge >= 0.3 is 0 Å². The number of hydrogen-bond acceptors (Lipinski definition) is 5. The molecule has 0 radical (unpaired) electrons. The van der Waals surface area contributed by atoms with Crippen molar-refractivity contribution in [2.24, 2.45) is 0 Å². The van der Waals surface area contributed by atoms with Gasteiger partial charge in [0.05, 0.1) is 23.1 Å². The third kappa shape index (κ3) is 3.70. The van der Waals surface area contributed by atoms with Gasteiger partial charge in [0.25, 0.3) is 11.6 Å². The molecule has 1 fully saturated rings. The van der Waals surface area contributed by atoms with Gasteiger partial charge in [-0.3, -0.25) is 9.59 Å². The van der Waals surface area contributed by atoms with Crippen molar-refractivity contribution in [1.29, 1.82) is 0 Å². The van der Waals surface area contributed by atoms with Crippen LogP contribution in [-0.4, -0.2) is 47.0 Å². The van der Waals surface area contributed by atoms with Crippen molar-refractivity contribution in [1.82, 2.24) is 20.4 Å². The monoisotopic (exact) mass is 396 g/mol. The SMILES string of the molecule is CNC(=O)c1cc(C)nc2onc(C3CCN(C(=O)Cc4ccc(F)cc4)C3)c12. The Bertz CT molecular complexity index is 1080. The van der Waals surface area contributed by atoms with Crippen LogP contribution in [0, 0.1) is 12.7 Å². The zero-order valence-electron chi connectivity index (χ0n) is 16.2. The van der Waals surface area contributed by atoms with Crippen LogP contribution in [0.5, 0.6) is 0 Å². The van der Waals surface area contributed by atoms with E-state index >= 15 is 0 Å². The molecule has 0 saturated carbocycles. The number of rotatable bonds is 4. The van der Waals surface area contributed by atoms with Crippen LogP contribution >= 0.6 is 0 Å². The van der Waals surface area contributed by atoms with Crippen LogP contribution in [0.15, 0.2) is 34.9 Å². The minimum Gasteiger partial charge on any atom is -0.355 e. The number of fused-ring (bicyclic) bond motifs is 1. The van der Waals surface area contributed by atoms with E-state index in [1.807, 2.05) is 0 Å². The first-order chi connectivity index (χ1) is 14.0. The van der Waals surface area contributed by atoms with Gasteiger partial charge in [0.15, 0.2) is 0 Å². The van der Waals surface area contributed by atoms with Crippen LogP contribution in [-0.2, 0) is 11.2 Å². The topological polar surface area (TPSA) is 88.3 Å². The van der Waals surface area contributed by atoms with E-state index in [0.29, 0.717) is 41.1 Å². The molecule has 150 valence electrons. The molecular formula is C21H21FN4O3. The molecule has 1 atom stereocenters. The minimum absolute atomic E-state index is 0.0209. The van der Waals surface area contributed by atoms with Crippen LogP contribution in [0.1, 0.15) is 39.6 Å². The second kappa shape index (κ2) is 7.62. The van der Waals surface area contributed by atoms with Gasteiger partial charge < -0.3 is 14.7 Å². The molecule has 1 unspecified atom stereocenters. The van der Waals surface area contributed by atoms with Crippen molar-refractivity contribution < 1.29 is 18.5 Å². The molecule has 0 spiro atoms. The molecule has 2 aromatic heterocycles. The molecule has 7 nitrogen and oxygen atoms in total. The number of aryl methyl sites for hydroxylation is 1. The second-order valence-electron chi connectivity index (χ2n) is 7.27. The van der Waals surface area contributed by atoms with Crippen LogP contribution < -0.4 is 5.32 Å². The van der Waals surface area contributed by atoms with Crippen LogP contribution in [0.2, 0.25) is 0 Å². The van der Waals surface area contributed by atoms with Gasteiger partial charge in [-0.15, -0.1) is 0 Å². The van der Waals surface area contributed by atoms with Gasteiger partial charge in [0.2, 0.25) is 5.91 Å². The average molecular weight is 396 g/mol. The quantitative estimate of drug-likeness (QED) is 0.732. The van der Waals surface area contributed by atoms with Gasteiger partial charge in [-0.2, -0.15) is 0 Å². The number of likely N-dealkylation sites (tertiary alicyclic amines) is 1. The number of aromatic nitrogens is 2. The molecular weight excluding hydrogens is 375 g/mol. The van der Waals surface area contributed by atoms with Gasteiger partial charge in [-0.25, -0.2) is 9.37 Å². The summed E-state index contributed by atoms with van der Waals surface area (Å²) in [5.41, 5.74) is 2.90. The number of carbonyl (C=O) groups is 2.